The van der Waals surface area contributed by atoms with Crippen molar-refractivity contribution in [2.45, 2.75) is 22.4 Å². The first kappa shape index (κ1) is 15.4. The lowest BCUT2D eigenvalue weighted by atomic mass is 10.4. The Hall–Kier alpha value is -0.980. The topological polar surface area (TPSA) is 58.6 Å². The highest BCUT2D eigenvalue weighted by Crippen LogP contribution is 2.23. The lowest BCUT2D eigenvalue weighted by Gasteiger charge is -2.08. The summed E-state index contributed by atoms with van der Waals surface area (Å²) in [5.74, 6) is 1.48. The Bertz CT molecular complexity index is 606. The van der Waals surface area contributed by atoms with Gasteiger partial charge in [0.25, 0.3) is 5.56 Å². The molecule has 0 aliphatic rings. The van der Waals surface area contributed by atoms with Gasteiger partial charge in [0.2, 0.25) is 0 Å². The molecule has 0 aliphatic heterocycles. The molecule has 20 heavy (non-hydrogen) atoms. The normalized spacial score (nSPS) is 12.3. The first-order chi connectivity index (χ1) is 9.65. The third kappa shape index (κ3) is 4.85. The predicted molar refractivity (Wildman–Crippen MR) is 84.9 cm³/mol. The van der Waals surface area contributed by atoms with Gasteiger partial charge in [-0.1, -0.05) is 30.0 Å². The Morgan fingerprint density at radius 3 is 2.60 bits per heavy atom. The van der Waals surface area contributed by atoms with Gasteiger partial charge < -0.3 is 0 Å². The third-order valence-corrected chi connectivity index (χ3v) is 5.29. The molecule has 1 aromatic heterocycles. The average Bonchev–Trinajstić information content (AvgIpc) is 2.47. The van der Waals surface area contributed by atoms with E-state index in [-0.39, 0.29) is 10.9 Å². The molecule has 2 rings (SSSR count). The highest BCUT2D eigenvalue weighted by Gasteiger charge is 2.08. The van der Waals surface area contributed by atoms with Crippen molar-refractivity contribution in [1.29, 1.82) is 0 Å². The van der Waals surface area contributed by atoms with Crippen LogP contribution < -0.4 is 5.56 Å². The maximum atomic E-state index is 11.4. The molecular weight excluding hydrogens is 314 g/mol. The van der Waals surface area contributed by atoms with Gasteiger partial charge in [-0.3, -0.25) is 9.78 Å². The maximum Gasteiger partial charge on any atom is 0.273 e. The van der Waals surface area contributed by atoms with E-state index in [1.54, 1.807) is 18.7 Å². The number of hydrogen-bond acceptors (Lipinski definition) is 5. The summed E-state index contributed by atoms with van der Waals surface area (Å²) in [6.45, 7) is 1.63. The highest BCUT2D eigenvalue weighted by atomic mass is 35.5. The zero-order chi connectivity index (χ0) is 14.4. The summed E-state index contributed by atoms with van der Waals surface area (Å²) in [5.41, 5.74) is 0.170. The van der Waals surface area contributed by atoms with Gasteiger partial charge in [-0.25, -0.2) is 0 Å². The van der Waals surface area contributed by atoms with Crippen LogP contribution in [0.3, 0.4) is 0 Å². The molecule has 1 N–H and O–H groups in total. The quantitative estimate of drug-likeness (QED) is 0.653. The summed E-state index contributed by atoms with van der Waals surface area (Å²) in [4.78, 5) is 15.3. The van der Waals surface area contributed by atoms with Gasteiger partial charge in [0.1, 0.15) is 5.69 Å². The summed E-state index contributed by atoms with van der Waals surface area (Å²) in [6.07, 6.45) is 0. The molecule has 1 heterocycles. The lowest BCUT2D eigenvalue weighted by molar-refractivity contribution is 0.789. The molecule has 0 radical (unpaired) electrons. The van der Waals surface area contributed by atoms with Gasteiger partial charge in [0.05, 0.1) is 5.38 Å². The summed E-state index contributed by atoms with van der Waals surface area (Å²) in [7, 11) is 0. The number of alkyl halides is 1. The number of benzene rings is 1. The van der Waals surface area contributed by atoms with Crippen LogP contribution in [0.5, 0.6) is 0 Å². The van der Waals surface area contributed by atoms with E-state index in [2.05, 4.69) is 27.3 Å². The van der Waals surface area contributed by atoms with E-state index in [4.69, 9.17) is 11.6 Å². The summed E-state index contributed by atoms with van der Waals surface area (Å²) in [6, 6.07) is 10.1. The number of halogens is 1. The minimum Gasteiger partial charge on any atom is -0.298 e. The molecule has 0 unspecified atom stereocenters. The second-order valence-corrected chi connectivity index (χ2v) is 6.80. The molecule has 4 nitrogen and oxygen atoms in total. The third-order valence-electron chi connectivity index (χ3n) is 2.41. The minimum atomic E-state index is -0.202. The van der Waals surface area contributed by atoms with Crippen LogP contribution in [0.1, 0.15) is 5.69 Å². The van der Waals surface area contributed by atoms with Crippen LogP contribution in [0, 0.1) is 6.92 Å². The van der Waals surface area contributed by atoms with Crippen molar-refractivity contribution in [3.63, 3.8) is 0 Å². The Kier molecular flexibility index (Phi) is 5.94. The largest absolute Gasteiger partial charge is 0.298 e. The second-order valence-electron chi connectivity index (χ2n) is 4.08. The zero-order valence-corrected chi connectivity index (χ0v) is 13.3. The molecule has 0 amide bonds. The van der Waals surface area contributed by atoms with Crippen molar-refractivity contribution >= 4 is 35.1 Å². The van der Waals surface area contributed by atoms with Gasteiger partial charge in [-0.15, -0.1) is 33.6 Å². The summed E-state index contributed by atoms with van der Waals surface area (Å²) < 4.78 is 0. The molecule has 1 aromatic carbocycles. The van der Waals surface area contributed by atoms with Gasteiger partial charge in [0.15, 0.2) is 5.16 Å². The first-order valence-electron chi connectivity index (χ1n) is 6.03. The van der Waals surface area contributed by atoms with E-state index in [0.717, 1.165) is 5.75 Å². The summed E-state index contributed by atoms with van der Waals surface area (Å²) in [5, 5.41) is 8.22. The molecule has 106 valence electrons. The molecule has 0 bridgehead atoms. The molecule has 0 fully saturated rings. The van der Waals surface area contributed by atoms with E-state index in [9.17, 15) is 4.79 Å². The average molecular weight is 328 g/mol. The summed E-state index contributed by atoms with van der Waals surface area (Å²) >= 11 is 9.40. The number of aromatic nitrogens is 3. The monoisotopic (exact) mass is 327 g/mol. The number of H-pyrrole nitrogens is 1. The molecule has 2 aromatic rings. The highest BCUT2D eigenvalue weighted by molar-refractivity contribution is 8.00. The molecule has 0 saturated carbocycles. The Balaban J connectivity index is 1.78. The van der Waals surface area contributed by atoms with Crippen LogP contribution in [-0.4, -0.2) is 32.1 Å². The molecule has 7 heteroatoms. The van der Waals surface area contributed by atoms with Crippen LogP contribution in [0.25, 0.3) is 0 Å². The smallest absolute Gasteiger partial charge is 0.273 e. The van der Waals surface area contributed by atoms with E-state index in [1.165, 1.54) is 16.7 Å². The van der Waals surface area contributed by atoms with Crippen molar-refractivity contribution in [3.8, 4) is 0 Å². The van der Waals surface area contributed by atoms with Gasteiger partial charge >= 0.3 is 0 Å². The first-order valence-corrected chi connectivity index (χ1v) is 8.44. The predicted octanol–water partition coefficient (Wildman–Crippen LogP) is 2.97. The van der Waals surface area contributed by atoms with Crippen LogP contribution >= 0.6 is 35.1 Å². The molecule has 0 saturated heterocycles. The number of thioether (sulfide) groups is 2. The SMILES string of the molecule is Cc1nnc(SC[C@@H](Cl)CSc2ccccc2)[nH]c1=O. The van der Waals surface area contributed by atoms with Crippen molar-refractivity contribution in [2.75, 3.05) is 11.5 Å². The fourth-order valence-electron chi connectivity index (χ4n) is 1.36. The number of rotatable bonds is 6. The molecule has 1 atom stereocenters. The number of nitrogens with zero attached hydrogens (tertiary/aromatic N) is 2. The second kappa shape index (κ2) is 7.71. The maximum absolute atomic E-state index is 11.4. The number of hydrogen-bond donors (Lipinski definition) is 1. The van der Waals surface area contributed by atoms with Crippen molar-refractivity contribution in [1.82, 2.24) is 15.2 Å². The van der Waals surface area contributed by atoms with Gasteiger partial charge in [-0.2, -0.15) is 0 Å². The van der Waals surface area contributed by atoms with Gasteiger partial charge in [-0.05, 0) is 19.1 Å². The number of aryl methyl sites for hydroxylation is 1. The van der Waals surface area contributed by atoms with Crippen LogP contribution in [0.15, 0.2) is 45.2 Å². The molecule has 0 aliphatic carbocycles. The van der Waals surface area contributed by atoms with E-state index in [1.807, 2.05) is 18.2 Å². The Morgan fingerprint density at radius 1 is 1.20 bits per heavy atom. The fraction of sp³-hybridized carbons (Fsp3) is 0.308. The fourth-order valence-corrected chi connectivity index (χ4v) is 3.45. The van der Waals surface area contributed by atoms with Crippen molar-refractivity contribution < 1.29 is 0 Å². The van der Waals surface area contributed by atoms with Gasteiger partial charge in [0, 0.05) is 16.4 Å². The Morgan fingerprint density at radius 2 is 1.90 bits per heavy atom. The minimum absolute atomic E-state index is 0.00295. The number of nitrogens with one attached hydrogen (secondary N) is 1. The lowest BCUT2D eigenvalue weighted by Crippen LogP contribution is -2.15. The Labute approximate surface area is 130 Å². The van der Waals surface area contributed by atoms with Crippen LogP contribution in [0.4, 0.5) is 0 Å². The van der Waals surface area contributed by atoms with E-state index < -0.39 is 0 Å². The number of aromatic amines is 1. The van der Waals surface area contributed by atoms with Crippen LogP contribution in [0.2, 0.25) is 0 Å². The molecule has 0 spiro atoms. The van der Waals surface area contributed by atoms with E-state index >= 15 is 0 Å². The van der Waals surface area contributed by atoms with Crippen molar-refractivity contribution in [2.24, 2.45) is 0 Å². The van der Waals surface area contributed by atoms with Crippen molar-refractivity contribution in [3.05, 3.63) is 46.4 Å². The van der Waals surface area contributed by atoms with E-state index in [0.29, 0.717) is 16.6 Å². The standard InChI is InChI=1S/C13H14ClN3OS2/c1-9-12(18)15-13(17-16-9)20-8-10(14)7-19-11-5-3-2-4-6-11/h2-6,10H,7-8H2,1H3,(H,15,17,18)/t10-/m0/s1. The molecular formula is C13H14ClN3OS2. The van der Waals surface area contributed by atoms with Crippen LogP contribution in [-0.2, 0) is 0 Å². The zero-order valence-electron chi connectivity index (χ0n) is 10.9.